The van der Waals surface area contributed by atoms with Crippen molar-refractivity contribution in [3.05, 3.63) is 17.5 Å². The summed E-state index contributed by atoms with van der Waals surface area (Å²) in [6.45, 7) is 9.04. The van der Waals surface area contributed by atoms with E-state index in [1.165, 1.54) is 38.0 Å². The van der Waals surface area contributed by atoms with Crippen molar-refractivity contribution < 1.29 is 0 Å². The molecular weight excluding hydrogens is 236 g/mol. The highest BCUT2D eigenvalue weighted by Crippen LogP contribution is 2.40. The predicted molar refractivity (Wildman–Crippen MR) is 77.0 cm³/mol. The molecule has 4 nitrogen and oxygen atoms in total. The van der Waals surface area contributed by atoms with E-state index in [2.05, 4.69) is 42.3 Å². The molecule has 0 aromatic carbocycles. The Kier molecular flexibility index (Phi) is 3.39. The van der Waals surface area contributed by atoms with Crippen molar-refractivity contribution in [2.24, 2.45) is 13.0 Å². The number of rotatable bonds is 3. The summed E-state index contributed by atoms with van der Waals surface area (Å²) in [4.78, 5) is 2.61. The zero-order valence-electron chi connectivity index (χ0n) is 12.4. The minimum atomic E-state index is 0.324. The van der Waals surface area contributed by atoms with Gasteiger partial charge < -0.3 is 5.32 Å². The first-order valence-corrected chi connectivity index (χ1v) is 7.54. The van der Waals surface area contributed by atoms with Crippen LogP contribution in [-0.2, 0) is 13.6 Å². The van der Waals surface area contributed by atoms with Crippen molar-refractivity contribution in [3.8, 4) is 0 Å². The minimum Gasteiger partial charge on any atom is -0.310 e. The van der Waals surface area contributed by atoms with Crippen molar-refractivity contribution >= 4 is 0 Å². The van der Waals surface area contributed by atoms with E-state index in [9.17, 15) is 0 Å². The van der Waals surface area contributed by atoms with Gasteiger partial charge in [-0.2, -0.15) is 5.10 Å². The fourth-order valence-corrected chi connectivity index (χ4v) is 3.45. The lowest BCUT2D eigenvalue weighted by atomic mass is 9.95. The summed E-state index contributed by atoms with van der Waals surface area (Å²) >= 11 is 0. The van der Waals surface area contributed by atoms with Gasteiger partial charge in [-0.3, -0.25) is 9.58 Å². The Bertz CT molecular complexity index is 449. The molecular formula is C15H26N4. The van der Waals surface area contributed by atoms with Crippen LogP contribution in [0.15, 0.2) is 6.07 Å². The number of nitrogens with zero attached hydrogens (tertiary/aromatic N) is 3. The number of aryl methyl sites for hydroxylation is 2. The Balaban J connectivity index is 1.70. The lowest BCUT2D eigenvalue weighted by molar-refractivity contribution is 0.191. The quantitative estimate of drug-likeness (QED) is 0.900. The average Bonchev–Trinajstić information content (AvgIpc) is 3.13. The van der Waals surface area contributed by atoms with Crippen LogP contribution < -0.4 is 5.32 Å². The second-order valence-electron chi connectivity index (χ2n) is 6.58. The highest BCUT2D eigenvalue weighted by molar-refractivity contribution is 5.09. The van der Waals surface area contributed by atoms with E-state index >= 15 is 0 Å². The Morgan fingerprint density at radius 1 is 1.47 bits per heavy atom. The summed E-state index contributed by atoms with van der Waals surface area (Å²) in [7, 11) is 2.05. The highest BCUT2D eigenvalue weighted by atomic mass is 15.3. The molecule has 1 unspecified atom stereocenters. The molecule has 1 aromatic heterocycles. The average molecular weight is 262 g/mol. The Morgan fingerprint density at radius 2 is 2.26 bits per heavy atom. The maximum atomic E-state index is 4.46. The second kappa shape index (κ2) is 4.91. The molecule has 0 amide bonds. The van der Waals surface area contributed by atoms with Gasteiger partial charge in [-0.25, -0.2) is 0 Å². The first-order valence-electron chi connectivity index (χ1n) is 7.54. The van der Waals surface area contributed by atoms with Gasteiger partial charge in [0.15, 0.2) is 0 Å². The molecule has 2 aliphatic rings. The van der Waals surface area contributed by atoms with E-state index in [1.54, 1.807) is 0 Å². The summed E-state index contributed by atoms with van der Waals surface area (Å²) < 4.78 is 2.03. The van der Waals surface area contributed by atoms with Crippen LogP contribution in [0.3, 0.4) is 0 Å². The molecule has 1 atom stereocenters. The molecule has 106 valence electrons. The lowest BCUT2D eigenvalue weighted by Crippen LogP contribution is -2.50. The van der Waals surface area contributed by atoms with E-state index < -0.39 is 0 Å². The van der Waals surface area contributed by atoms with E-state index in [-0.39, 0.29) is 0 Å². The standard InChI is InChI=1S/C15H26N4/c1-12-9-14(18(3)17-12)10-19-8-4-7-16-15(2,11-19)13-5-6-13/h9,13,16H,4-8,10-11H2,1-3H3. The first kappa shape index (κ1) is 13.1. The van der Waals surface area contributed by atoms with Gasteiger partial charge >= 0.3 is 0 Å². The van der Waals surface area contributed by atoms with Crippen molar-refractivity contribution in [2.45, 2.75) is 45.2 Å². The zero-order valence-corrected chi connectivity index (χ0v) is 12.4. The van der Waals surface area contributed by atoms with E-state index in [0.29, 0.717) is 5.54 Å². The van der Waals surface area contributed by atoms with Gasteiger partial charge in [0.2, 0.25) is 0 Å². The smallest absolute Gasteiger partial charge is 0.0597 e. The SMILES string of the molecule is Cc1cc(CN2CCCNC(C)(C3CC3)C2)n(C)n1. The molecule has 0 spiro atoms. The van der Waals surface area contributed by atoms with Crippen LogP contribution in [0.4, 0.5) is 0 Å². The maximum Gasteiger partial charge on any atom is 0.0597 e. The van der Waals surface area contributed by atoms with Crippen LogP contribution in [0.2, 0.25) is 0 Å². The molecule has 1 aromatic rings. The molecule has 3 rings (SSSR count). The van der Waals surface area contributed by atoms with Gasteiger partial charge in [-0.1, -0.05) is 0 Å². The van der Waals surface area contributed by atoms with Crippen LogP contribution in [-0.4, -0.2) is 39.9 Å². The summed E-state index contributed by atoms with van der Waals surface area (Å²) in [6, 6.07) is 2.22. The Hall–Kier alpha value is -0.870. The van der Waals surface area contributed by atoms with Crippen LogP contribution in [0, 0.1) is 12.8 Å². The summed E-state index contributed by atoms with van der Waals surface area (Å²) in [5, 5.41) is 8.25. The highest BCUT2D eigenvalue weighted by Gasteiger charge is 2.42. The monoisotopic (exact) mass is 262 g/mol. The fraction of sp³-hybridized carbons (Fsp3) is 0.800. The second-order valence-corrected chi connectivity index (χ2v) is 6.58. The molecule has 1 aliphatic carbocycles. The van der Waals surface area contributed by atoms with Crippen molar-refractivity contribution in [1.29, 1.82) is 0 Å². The molecule has 2 fully saturated rings. The summed E-state index contributed by atoms with van der Waals surface area (Å²) in [6.07, 6.45) is 4.06. The molecule has 1 saturated heterocycles. The van der Waals surface area contributed by atoms with E-state index in [1.807, 2.05) is 4.68 Å². The number of nitrogens with one attached hydrogen (secondary N) is 1. The largest absolute Gasteiger partial charge is 0.310 e. The zero-order chi connectivity index (χ0) is 13.5. The van der Waals surface area contributed by atoms with E-state index in [4.69, 9.17) is 0 Å². The Morgan fingerprint density at radius 3 is 2.89 bits per heavy atom. The lowest BCUT2D eigenvalue weighted by Gasteiger charge is -2.33. The maximum absolute atomic E-state index is 4.46. The molecule has 1 aliphatic heterocycles. The molecule has 2 heterocycles. The topological polar surface area (TPSA) is 33.1 Å². The fourth-order valence-electron chi connectivity index (χ4n) is 3.45. The van der Waals surface area contributed by atoms with Crippen molar-refractivity contribution in [2.75, 3.05) is 19.6 Å². The molecule has 1 saturated carbocycles. The summed E-state index contributed by atoms with van der Waals surface area (Å²) in [5.74, 6) is 0.890. The number of hydrogen-bond acceptors (Lipinski definition) is 3. The molecule has 1 N–H and O–H groups in total. The molecule has 4 heteroatoms. The third-order valence-corrected chi connectivity index (χ3v) is 4.69. The van der Waals surface area contributed by atoms with Crippen LogP contribution >= 0.6 is 0 Å². The van der Waals surface area contributed by atoms with Crippen LogP contribution in [0.25, 0.3) is 0 Å². The van der Waals surface area contributed by atoms with Gasteiger partial charge in [0, 0.05) is 25.7 Å². The summed E-state index contributed by atoms with van der Waals surface area (Å²) in [5.41, 5.74) is 2.78. The molecule has 0 bridgehead atoms. The van der Waals surface area contributed by atoms with Crippen LogP contribution in [0.1, 0.15) is 37.6 Å². The van der Waals surface area contributed by atoms with Crippen molar-refractivity contribution in [1.82, 2.24) is 20.0 Å². The normalized spacial score (nSPS) is 29.4. The third-order valence-electron chi connectivity index (χ3n) is 4.69. The number of aromatic nitrogens is 2. The Labute approximate surface area is 116 Å². The van der Waals surface area contributed by atoms with Gasteiger partial charge in [-0.05, 0) is 58.2 Å². The number of hydrogen-bond donors (Lipinski definition) is 1. The van der Waals surface area contributed by atoms with E-state index in [0.717, 1.165) is 24.7 Å². The predicted octanol–water partition coefficient (Wildman–Crippen LogP) is 1.69. The first-order chi connectivity index (χ1) is 9.07. The third kappa shape index (κ3) is 2.84. The van der Waals surface area contributed by atoms with Crippen LogP contribution in [0.5, 0.6) is 0 Å². The minimum absolute atomic E-state index is 0.324. The molecule has 19 heavy (non-hydrogen) atoms. The van der Waals surface area contributed by atoms with Gasteiger partial charge in [0.05, 0.1) is 11.4 Å². The van der Waals surface area contributed by atoms with Gasteiger partial charge in [0.1, 0.15) is 0 Å². The van der Waals surface area contributed by atoms with Crippen molar-refractivity contribution in [3.63, 3.8) is 0 Å². The molecule has 0 radical (unpaired) electrons. The van der Waals surface area contributed by atoms with Gasteiger partial charge in [-0.15, -0.1) is 0 Å². The van der Waals surface area contributed by atoms with Gasteiger partial charge in [0.25, 0.3) is 0 Å².